The molecule has 2 heterocycles. The number of hydrogen-bond acceptors (Lipinski definition) is 5. The third-order valence-corrected chi connectivity index (χ3v) is 5.81. The second kappa shape index (κ2) is 15.3. The standard InChI is InChI=1S/C23H24ClN3O3.C4H5F.CH2O/c1-16-19(24)7-3-9-21(16)29-12-4-10-22(28)27-11-5-13-30-23-18(6-2-8-20(23)27)17-14-25-26-15-17;1-3-4(2)5;1-2/h2-3,6-9,14-15H,4-5,10-13H2,1H3,(H,25,26);3H,1-2H2;1H2. The van der Waals surface area contributed by atoms with Gasteiger partial charge < -0.3 is 19.2 Å². The van der Waals surface area contributed by atoms with E-state index >= 15 is 0 Å². The normalized spacial score (nSPS) is 11.8. The highest BCUT2D eigenvalue weighted by Gasteiger charge is 2.24. The number of fused-ring (bicyclic) bond motifs is 1. The molecule has 2 aromatic carbocycles. The first kappa shape index (κ1) is 29.3. The summed E-state index contributed by atoms with van der Waals surface area (Å²) >= 11 is 6.13. The van der Waals surface area contributed by atoms with Gasteiger partial charge in [0.25, 0.3) is 0 Å². The minimum Gasteiger partial charge on any atom is -0.493 e. The molecule has 3 aromatic rings. The molecule has 0 spiro atoms. The highest BCUT2D eigenvalue weighted by Crippen LogP contribution is 2.40. The van der Waals surface area contributed by atoms with E-state index in [0.717, 1.165) is 46.4 Å². The van der Waals surface area contributed by atoms with E-state index in [1.807, 2.05) is 61.2 Å². The number of aromatic nitrogens is 2. The number of carbonyl (C=O) groups is 2. The van der Waals surface area contributed by atoms with Gasteiger partial charge in [-0.15, -0.1) is 0 Å². The second-order valence-electron chi connectivity index (χ2n) is 7.85. The van der Waals surface area contributed by atoms with E-state index in [9.17, 15) is 9.18 Å². The molecule has 9 heteroatoms. The molecule has 1 amide bonds. The van der Waals surface area contributed by atoms with Gasteiger partial charge in [-0.2, -0.15) is 5.10 Å². The Morgan fingerprint density at radius 3 is 2.70 bits per heavy atom. The molecule has 0 saturated carbocycles. The van der Waals surface area contributed by atoms with Crippen molar-refractivity contribution in [2.45, 2.75) is 26.2 Å². The average Bonchev–Trinajstić information content (AvgIpc) is 3.36. The predicted molar refractivity (Wildman–Crippen MR) is 145 cm³/mol. The van der Waals surface area contributed by atoms with Gasteiger partial charge >= 0.3 is 0 Å². The first-order valence-corrected chi connectivity index (χ1v) is 12.0. The number of carbonyl (C=O) groups excluding carboxylic acids is 2. The number of anilines is 1. The van der Waals surface area contributed by atoms with Crippen molar-refractivity contribution in [3.05, 3.63) is 84.4 Å². The number of nitrogens with one attached hydrogen (secondary N) is 1. The lowest BCUT2D eigenvalue weighted by Gasteiger charge is -2.23. The van der Waals surface area contributed by atoms with Gasteiger partial charge in [0, 0.05) is 40.9 Å². The summed E-state index contributed by atoms with van der Waals surface area (Å²) in [5.74, 6) is 1.08. The second-order valence-corrected chi connectivity index (χ2v) is 8.26. The molecule has 0 aliphatic carbocycles. The quantitative estimate of drug-likeness (QED) is 0.280. The third kappa shape index (κ3) is 8.32. The number of halogens is 2. The molecular formula is C28H31ClFN3O4. The SMILES string of the molecule is C=CC(=C)F.C=O.Cc1c(Cl)cccc1OCCCC(=O)N1CCCOc2c(-c3cn[nH]c3)cccc21. The summed E-state index contributed by atoms with van der Waals surface area (Å²) in [6.07, 6.45) is 6.44. The van der Waals surface area contributed by atoms with Gasteiger partial charge in [0.15, 0.2) is 5.75 Å². The molecule has 37 heavy (non-hydrogen) atoms. The molecule has 0 atom stereocenters. The van der Waals surface area contributed by atoms with Crippen LogP contribution in [-0.2, 0) is 9.59 Å². The van der Waals surface area contributed by atoms with Gasteiger partial charge in [0.1, 0.15) is 18.4 Å². The summed E-state index contributed by atoms with van der Waals surface area (Å²) in [7, 11) is 0. The van der Waals surface area contributed by atoms with E-state index in [-0.39, 0.29) is 5.91 Å². The Morgan fingerprint density at radius 1 is 1.30 bits per heavy atom. The van der Waals surface area contributed by atoms with E-state index in [2.05, 4.69) is 23.4 Å². The Kier molecular flexibility index (Phi) is 12.1. The molecule has 0 saturated heterocycles. The Labute approximate surface area is 221 Å². The van der Waals surface area contributed by atoms with Crippen LogP contribution < -0.4 is 14.4 Å². The fraction of sp³-hybridized carbons (Fsp3) is 0.250. The van der Waals surface area contributed by atoms with Crippen LogP contribution in [0.1, 0.15) is 24.8 Å². The molecule has 1 aliphatic heterocycles. The molecular weight excluding hydrogens is 497 g/mol. The van der Waals surface area contributed by atoms with Crippen molar-refractivity contribution in [1.82, 2.24) is 10.2 Å². The van der Waals surface area contributed by atoms with Crippen molar-refractivity contribution in [1.29, 1.82) is 0 Å². The lowest BCUT2D eigenvalue weighted by atomic mass is 10.1. The number of benzene rings is 2. The topological polar surface area (TPSA) is 84.5 Å². The Bertz CT molecular complexity index is 1180. The molecule has 0 bridgehead atoms. The van der Waals surface area contributed by atoms with Gasteiger partial charge in [-0.1, -0.05) is 43.0 Å². The number of aromatic amines is 1. The van der Waals surface area contributed by atoms with Gasteiger partial charge in [0.2, 0.25) is 5.91 Å². The maximum Gasteiger partial charge on any atom is 0.227 e. The van der Waals surface area contributed by atoms with E-state index in [4.69, 9.17) is 25.9 Å². The summed E-state index contributed by atoms with van der Waals surface area (Å²) < 4.78 is 23.0. The first-order valence-electron chi connectivity index (χ1n) is 11.6. The van der Waals surface area contributed by atoms with Crippen LogP contribution in [0.3, 0.4) is 0 Å². The highest BCUT2D eigenvalue weighted by atomic mass is 35.5. The molecule has 0 unspecified atom stereocenters. The number of H-pyrrole nitrogens is 1. The smallest absolute Gasteiger partial charge is 0.227 e. The van der Waals surface area contributed by atoms with Crippen molar-refractivity contribution in [3.63, 3.8) is 0 Å². The average molecular weight is 528 g/mol. The van der Waals surface area contributed by atoms with Crippen LogP contribution in [-0.4, -0.2) is 42.7 Å². The summed E-state index contributed by atoms with van der Waals surface area (Å²) in [5, 5.41) is 7.54. The number of nitrogens with zero attached hydrogens (tertiary/aromatic N) is 2. The number of hydrogen-bond donors (Lipinski definition) is 1. The van der Waals surface area contributed by atoms with Crippen molar-refractivity contribution < 1.29 is 23.5 Å². The zero-order valence-electron chi connectivity index (χ0n) is 20.8. The van der Waals surface area contributed by atoms with Crippen LogP contribution in [0.5, 0.6) is 11.5 Å². The minimum atomic E-state index is -0.481. The fourth-order valence-electron chi connectivity index (χ4n) is 3.58. The largest absolute Gasteiger partial charge is 0.493 e. The van der Waals surface area contributed by atoms with E-state index in [0.29, 0.717) is 37.6 Å². The van der Waals surface area contributed by atoms with Crippen LogP contribution in [0.4, 0.5) is 10.1 Å². The molecule has 196 valence electrons. The van der Waals surface area contributed by atoms with E-state index in [1.165, 1.54) is 0 Å². The summed E-state index contributed by atoms with van der Waals surface area (Å²) in [6, 6.07) is 11.5. The minimum absolute atomic E-state index is 0.0671. The molecule has 1 aliphatic rings. The summed E-state index contributed by atoms with van der Waals surface area (Å²) in [6.45, 7) is 11.6. The van der Waals surface area contributed by atoms with Gasteiger partial charge in [-0.25, -0.2) is 4.39 Å². The number of allylic oxidation sites excluding steroid dienone is 2. The number of para-hydroxylation sites is 1. The van der Waals surface area contributed by atoms with Crippen LogP contribution in [0, 0.1) is 6.92 Å². The summed E-state index contributed by atoms with van der Waals surface area (Å²) in [5.41, 5.74) is 3.59. The van der Waals surface area contributed by atoms with E-state index < -0.39 is 5.83 Å². The Morgan fingerprint density at radius 2 is 2.03 bits per heavy atom. The maximum atomic E-state index is 13.0. The van der Waals surface area contributed by atoms with Crippen molar-refractivity contribution in [3.8, 4) is 22.6 Å². The first-order chi connectivity index (χ1) is 17.9. The Hall–Kier alpha value is -3.91. The van der Waals surface area contributed by atoms with Crippen LogP contribution in [0.25, 0.3) is 11.1 Å². The zero-order valence-corrected chi connectivity index (χ0v) is 21.6. The lowest BCUT2D eigenvalue weighted by Crippen LogP contribution is -2.31. The van der Waals surface area contributed by atoms with Crippen LogP contribution >= 0.6 is 11.6 Å². The van der Waals surface area contributed by atoms with Crippen LogP contribution in [0.15, 0.2) is 73.9 Å². The number of rotatable bonds is 7. The van der Waals surface area contributed by atoms with Gasteiger partial charge in [-0.3, -0.25) is 9.89 Å². The lowest BCUT2D eigenvalue weighted by molar-refractivity contribution is -0.118. The van der Waals surface area contributed by atoms with Crippen molar-refractivity contribution in [2.24, 2.45) is 0 Å². The molecule has 0 radical (unpaired) electrons. The molecule has 7 nitrogen and oxygen atoms in total. The zero-order chi connectivity index (χ0) is 27.2. The monoisotopic (exact) mass is 527 g/mol. The van der Waals surface area contributed by atoms with E-state index in [1.54, 1.807) is 6.20 Å². The molecule has 1 N–H and O–H groups in total. The maximum absolute atomic E-state index is 13.0. The van der Waals surface area contributed by atoms with Crippen LogP contribution in [0.2, 0.25) is 5.02 Å². The Balaban J connectivity index is 0.000000617. The summed E-state index contributed by atoms with van der Waals surface area (Å²) in [4.78, 5) is 22.8. The van der Waals surface area contributed by atoms with Crippen molar-refractivity contribution >= 4 is 30.0 Å². The third-order valence-electron chi connectivity index (χ3n) is 5.40. The van der Waals surface area contributed by atoms with Gasteiger partial charge in [-0.05, 0) is 44.0 Å². The fourth-order valence-corrected chi connectivity index (χ4v) is 3.74. The predicted octanol–water partition coefficient (Wildman–Crippen LogP) is 6.48. The molecule has 0 fully saturated rings. The molecule has 1 aromatic heterocycles. The highest BCUT2D eigenvalue weighted by molar-refractivity contribution is 6.31. The van der Waals surface area contributed by atoms with Crippen molar-refractivity contribution in [2.75, 3.05) is 24.7 Å². The molecule has 4 rings (SSSR count). The number of ether oxygens (including phenoxy) is 2. The van der Waals surface area contributed by atoms with Gasteiger partial charge in [0.05, 0.1) is 25.1 Å². The number of amides is 1.